The van der Waals surface area contributed by atoms with Crippen molar-refractivity contribution in [1.82, 2.24) is 4.90 Å². The highest BCUT2D eigenvalue weighted by Gasteiger charge is 1.82. The Morgan fingerprint density at radius 3 is 2.15 bits per heavy atom. The van der Waals surface area contributed by atoms with Gasteiger partial charge in [0, 0.05) is 14.1 Å². The summed E-state index contributed by atoms with van der Waals surface area (Å²) in [5.74, 6) is 0. The van der Waals surface area contributed by atoms with E-state index in [1.165, 1.54) is 0 Å². The van der Waals surface area contributed by atoms with E-state index < -0.39 is 0 Å². The predicted octanol–water partition coefficient (Wildman–Crippen LogP) is 2.96. The van der Waals surface area contributed by atoms with E-state index in [2.05, 4.69) is 27.6 Å². The molecule has 0 aliphatic carbocycles. The van der Waals surface area contributed by atoms with Gasteiger partial charge >= 0.3 is 0 Å². The number of aliphatic imine (C=N–C) groups is 1. The lowest BCUT2D eigenvalue weighted by atomic mass is 10.3. The molecule has 0 aromatic heterocycles. The van der Waals surface area contributed by atoms with Crippen LogP contribution in [0.3, 0.4) is 0 Å². The van der Waals surface area contributed by atoms with Crippen molar-refractivity contribution in [3.63, 3.8) is 0 Å². The Bertz CT molecular complexity index is 232. The molecule has 0 aliphatic rings. The third-order valence-corrected chi connectivity index (χ3v) is 1.19. The van der Waals surface area contributed by atoms with Crippen LogP contribution in [0, 0.1) is 0 Å². The summed E-state index contributed by atoms with van der Waals surface area (Å²) >= 11 is 2.15. The van der Waals surface area contributed by atoms with Crippen molar-refractivity contribution in [2.45, 2.75) is 0 Å². The van der Waals surface area contributed by atoms with E-state index in [4.69, 9.17) is 0 Å². The van der Waals surface area contributed by atoms with Crippen molar-refractivity contribution in [3.8, 4) is 0 Å². The average molecular weight is 290 g/mol. The van der Waals surface area contributed by atoms with Gasteiger partial charge < -0.3 is 4.90 Å². The minimum absolute atomic E-state index is 0.987. The molecule has 0 fully saturated rings. The van der Waals surface area contributed by atoms with Crippen LogP contribution in [0.2, 0.25) is 0 Å². The highest BCUT2D eigenvalue weighted by molar-refractivity contribution is 14.1. The Morgan fingerprint density at radius 1 is 1.15 bits per heavy atom. The molecule has 13 heavy (non-hydrogen) atoms. The van der Waals surface area contributed by atoms with Gasteiger partial charge in [-0.2, -0.15) is 0 Å². The maximum absolute atomic E-state index is 4.21. The molecule has 1 aromatic rings. The Balaban J connectivity index is 0.000000671. The van der Waals surface area contributed by atoms with E-state index in [0.717, 1.165) is 5.69 Å². The van der Waals surface area contributed by atoms with Crippen molar-refractivity contribution in [2.24, 2.45) is 4.99 Å². The fourth-order valence-corrected chi connectivity index (χ4v) is 0.696. The lowest BCUT2D eigenvalue weighted by Gasteiger charge is -2.01. The highest BCUT2D eigenvalue weighted by atomic mass is 127. The number of para-hydroxylation sites is 1. The second-order valence-electron chi connectivity index (χ2n) is 2.54. The maximum atomic E-state index is 4.21. The first-order chi connectivity index (χ1) is 6.29. The molecule has 2 nitrogen and oxygen atoms in total. The zero-order chi connectivity index (χ0) is 10.1. The summed E-state index contributed by atoms with van der Waals surface area (Å²) in [6, 6.07) is 9.87. The first kappa shape index (κ1) is 12.4. The van der Waals surface area contributed by atoms with Gasteiger partial charge in [0.25, 0.3) is 0 Å². The minimum Gasteiger partial charge on any atom is -0.369 e. The van der Waals surface area contributed by atoms with Gasteiger partial charge in [-0.15, -0.1) is 0 Å². The summed E-state index contributed by atoms with van der Waals surface area (Å²) in [6.07, 6.45) is 1.79. The Morgan fingerprint density at radius 2 is 1.69 bits per heavy atom. The molecule has 1 rings (SSSR count). The Hall–Kier alpha value is -0.580. The maximum Gasteiger partial charge on any atom is 0.0907 e. The molecular weight excluding hydrogens is 275 g/mol. The van der Waals surface area contributed by atoms with Gasteiger partial charge in [0.05, 0.1) is 12.0 Å². The molecule has 0 saturated heterocycles. The Kier molecular flexibility index (Phi) is 7.68. The van der Waals surface area contributed by atoms with E-state index >= 15 is 0 Å². The molecule has 0 atom stereocenters. The molecule has 0 aliphatic heterocycles. The number of alkyl halides is 1. The summed E-state index contributed by atoms with van der Waals surface area (Å²) in [5.41, 5.74) is 0.987. The first-order valence-electron chi connectivity index (χ1n) is 3.92. The third kappa shape index (κ3) is 6.57. The highest BCUT2D eigenvalue weighted by Crippen LogP contribution is 2.07. The fraction of sp³-hybridized carbons (Fsp3) is 0.300. The number of rotatable bonds is 2. The van der Waals surface area contributed by atoms with Gasteiger partial charge in [0.15, 0.2) is 0 Å². The fourth-order valence-electron chi connectivity index (χ4n) is 0.696. The van der Waals surface area contributed by atoms with E-state index in [-0.39, 0.29) is 0 Å². The van der Waals surface area contributed by atoms with Crippen LogP contribution in [0.1, 0.15) is 0 Å². The van der Waals surface area contributed by atoms with Crippen molar-refractivity contribution < 1.29 is 0 Å². The van der Waals surface area contributed by atoms with E-state index in [9.17, 15) is 0 Å². The molecule has 0 amide bonds. The third-order valence-electron chi connectivity index (χ3n) is 1.19. The molecule has 0 bridgehead atoms. The van der Waals surface area contributed by atoms with Crippen LogP contribution in [0.25, 0.3) is 0 Å². The van der Waals surface area contributed by atoms with E-state index in [0.29, 0.717) is 0 Å². The molecule has 0 spiro atoms. The topological polar surface area (TPSA) is 15.6 Å². The van der Waals surface area contributed by atoms with E-state index in [1.54, 1.807) is 6.34 Å². The molecule has 0 saturated carbocycles. The number of benzene rings is 1. The SMILES string of the molecule is CI.CN(C)C=Nc1ccccc1. The summed E-state index contributed by atoms with van der Waals surface area (Å²) in [6.45, 7) is 0. The number of hydrogen-bond donors (Lipinski definition) is 0. The lowest BCUT2D eigenvalue weighted by molar-refractivity contribution is 0.643. The molecule has 72 valence electrons. The molecule has 0 heterocycles. The number of halogens is 1. The smallest absolute Gasteiger partial charge is 0.0907 e. The molecule has 0 radical (unpaired) electrons. The van der Waals surface area contributed by atoms with Crippen molar-refractivity contribution >= 4 is 34.6 Å². The molecular formula is C10H15IN2. The van der Waals surface area contributed by atoms with Crippen LogP contribution in [0.5, 0.6) is 0 Å². The van der Waals surface area contributed by atoms with Crippen molar-refractivity contribution in [1.29, 1.82) is 0 Å². The predicted molar refractivity (Wildman–Crippen MR) is 68.2 cm³/mol. The Labute approximate surface area is 93.8 Å². The van der Waals surface area contributed by atoms with Gasteiger partial charge in [0.2, 0.25) is 0 Å². The summed E-state index contributed by atoms with van der Waals surface area (Å²) in [7, 11) is 3.90. The summed E-state index contributed by atoms with van der Waals surface area (Å²) < 4.78 is 0. The second kappa shape index (κ2) is 8.04. The van der Waals surface area contributed by atoms with Crippen LogP contribution in [-0.2, 0) is 0 Å². The van der Waals surface area contributed by atoms with Gasteiger partial charge in [-0.3, -0.25) is 0 Å². The van der Waals surface area contributed by atoms with E-state index in [1.807, 2.05) is 54.3 Å². The van der Waals surface area contributed by atoms with Crippen LogP contribution < -0.4 is 0 Å². The van der Waals surface area contributed by atoms with Crippen LogP contribution in [-0.4, -0.2) is 30.3 Å². The second-order valence-corrected chi connectivity index (χ2v) is 2.54. The normalized spacial score (nSPS) is 9.23. The molecule has 1 aromatic carbocycles. The number of hydrogen-bond acceptors (Lipinski definition) is 1. The summed E-state index contributed by atoms with van der Waals surface area (Å²) in [5, 5.41) is 0. The first-order valence-corrected chi connectivity index (χ1v) is 6.08. The van der Waals surface area contributed by atoms with Gasteiger partial charge in [-0.1, -0.05) is 40.8 Å². The number of nitrogens with zero attached hydrogens (tertiary/aromatic N) is 2. The monoisotopic (exact) mass is 290 g/mol. The zero-order valence-corrected chi connectivity index (χ0v) is 10.4. The molecule has 3 heteroatoms. The van der Waals surface area contributed by atoms with Crippen molar-refractivity contribution in [3.05, 3.63) is 30.3 Å². The van der Waals surface area contributed by atoms with Crippen LogP contribution in [0.15, 0.2) is 35.3 Å². The van der Waals surface area contributed by atoms with Crippen LogP contribution >= 0.6 is 22.6 Å². The summed E-state index contributed by atoms with van der Waals surface area (Å²) in [4.78, 5) is 8.09. The average Bonchev–Trinajstić information content (AvgIpc) is 2.19. The minimum atomic E-state index is 0.987. The van der Waals surface area contributed by atoms with Crippen molar-refractivity contribution in [2.75, 3.05) is 19.0 Å². The van der Waals surface area contributed by atoms with Gasteiger partial charge in [-0.25, -0.2) is 4.99 Å². The van der Waals surface area contributed by atoms with Gasteiger partial charge in [-0.05, 0) is 17.1 Å². The largest absolute Gasteiger partial charge is 0.369 e. The quantitative estimate of drug-likeness (QED) is 0.354. The molecule has 0 N–H and O–H groups in total. The standard InChI is InChI=1S/C9H12N2.CH3I/c1-11(2)8-10-9-6-4-3-5-7-9;1-2/h3-8H,1-2H3;1H3. The van der Waals surface area contributed by atoms with Gasteiger partial charge in [0.1, 0.15) is 0 Å². The lowest BCUT2D eigenvalue weighted by Crippen LogP contribution is -2.06. The van der Waals surface area contributed by atoms with Crippen LogP contribution in [0.4, 0.5) is 5.69 Å². The zero-order valence-electron chi connectivity index (χ0n) is 8.24. The molecule has 0 unspecified atom stereocenters.